The van der Waals surface area contributed by atoms with Crippen LogP contribution in [0.25, 0.3) is 0 Å². The van der Waals surface area contributed by atoms with Crippen LogP contribution in [0.4, 0.5) is 17.1 Å². The van der Waals surface area contributed by atoms with E-state index in [9.17, 15) is 0 Å². The molecule has 0 spiro atoms. The number of nitrogens with zero attached hydrogens (tertiary/aromatic N) is 2. The maximum absolute atomic E-state index is 6.06. The summed E-state index contributed by atoms with van der Waals surface area (Å²) in [6.45, 7) is 1.41. The highest BCUT2D eigenvalue weighted by Gasteiger charge is 2.23. The van der Waals surface area contributed by atoms with Gasteiger partial charge in [-0.25, -0.2) is 0 Å². The molecule has 5 nitrogen and oxygen atoms in total. The van der Waals surface area contributed by atoms with Gasteiger partial charge in [0, 0.05) is 42.1 Å². The fraction of sp³-hybridized carbons (Fsp3) is 0.261. The van der Waals surface area contributed by atoms with Crippen molar-refractivity contribution in [3.05, 3.63) is 72.6 Å². The van der Waals surface area contributed by atoms with E-state index in [2.05, 4.69) is 22.0 Å². The van der Waals surface area contributed by atoms with Gasteiger partial charge >= 0.3 is 0 Å². The number of benzene rings is 2. The lowest BCUT2D eigenvalue weighted by atomic mass is 10.1. The van der Waals surface area contributed by atoms with Gasteiger partial charge in [0.1, 0.15) is 0 Å². The molecule has 2 N–H and O–H groups in total. The van der Waals surface area contributed by atoms with Crippen LogP contribution in [-0.2, 0) is 6.54 Å². The Bertz CT molecular complexity index is 926. The lowest BCUT2D eigenvalue weighted by Crippen LogP contribution is -2.17. The van der Waals surface area contributed by atoms with Crippen LogP contribution in [0.5, 0.6) is 11.5 Å². The molecule has 0 saturated heterocycles. The van der Waals surface area contributed by atoms with Crippen molar-refractivity contribution in [1.82, 2.24) is 4.98 Å². The smallest absolute Gasteiger partial charge is 0.163 e. The Hall–Kier alpha value is -3.21. The summed E-state index contributed by atoms with van der Waals surface area (Å²) >= 11 is 0. The maximum Gasteiger partial charge on any atom is 0.163 e. The monoisotopic (exact) mass is 375 g/mol. The van der Waals surface area contributed by atoms with Gasteiger partial charge in [-0.1, -0.05) is 12.1 Å². The van der Waals surface area contributed by atoms with E-state index in [1.165, 1.54) is 12.8 Å². The van der Waals surface area contributed by atoms with Crippen LogP contribution in [-0.4, -0.2) is 18.7 Å². The van der Waals surface area contributed by atoms with Crippen molar-refractivity contribution in [2.75, 3.05) is 24.4 Å². The zero-order valence-corrected chi connectivity index (χ0v) is 16.0. The van der Waals surface area contributed by atoms with Gasteiger partial charge in [-0.3, -0.25) is 4.98 Å². The van der Waals surface area contributed by atoms with E-state index in [4.69, 9.17) is 15.2 Å². The third-order valence-electron chi connectivity index (χ3n) is 4.88. The molecule has 5 heteroatoms. The van der Waals surface area contributed by atoms with Gasteiger partial charge < -0.3 is 20.1 Å². The van der Waals surface area contributed by atoms with Crippen LogP contribution in [0, 0.1) is 5.92 Å². The standard InChI is InChI=1S/C23H25N3O2/c1-27-22-10-9-21(13-23(22)28-16-17-7-8-17)26(15-18-4-3-11-25-14-18)20-6-2-5-19(24)12-20/h2-6,9-14,17H,7-8,15-16,24H2,1H3. The molecule has 3 aromatic rings. The van der Waals surface area contributed by atoms with Crippen molar-refractivity contribution in [3.8, 4) is 11.5 Å². The van der Waals surface area contributed by atoms with Gasteiger partial charge in [-0.2, -0.15) is 0 Å². The number of pyridine rings is 1. The molecule has 28 heavy (non-hydrogen) atoms. The summed E-state index contributed by atoms with van der Waals surface area (Å²) in [6.07, 6.45) is 6.16. The Morgan fingerprint density at radius 2 is 1.89 bits per heavy atom. The largest absolute Gasteiger partial charge is 0.493 e. The average Bonchev–Trinajstić information content (AvgIpc) is 3.55. The molecule has 0 atom stereocenters. The number of methoxy groups -OCH3 is 1. The minimum atomic E-state index is 0.672. The highest BCUT2D eigenvalue weighted by Crippen LogP contribution is 2.37. The van der Waals surface area contributed by atoms with E-state index in [0.717, 1.165) is 40.7 Å². The van der Waals surface area contributed by atoms with E-state index < -0.39 is 0 Å². The minimum absolute atomic E-state index is 0.672. The number of nitrogen functional groups attached to an aromatic ring is 1. The Morgan fingerprint density at radius 1 is 1.04 bits per heavy atom. The van der Waals surface area contributed by atoms with Crippen LogP contribution in [0.15, 0.2) is 67.0 Å². The Morgan fingerprint density at radius 3 is 2.61 bits per heavy atom. The Kier molecular flexibility index (Phi) is 5.33. The zero-order valence-electron chi connectivity index (χ0n) is 16.0. The first-order chi connectivity index (χ1) is 13.7. The van der Waals surface area contributed by atoms with Gasteiger partial charge in [0.2, 0.25) is 0 Å². The van der Waals surface area contributed by atoms with Crippen LogP contribution in [0.1, 0.15) is 18.4 Å². The van der Waals surface area contributed by atoms with Crippen molar-refractivity contribution in [3.63, 3.8) is 0 Å². The molecule has 0 aliphatic heterocycles. The Balaban J connectivity index is 1.69. The molecule has 1 heterocycles. The molecule has 2 aromatic carbocycles. The molecule has 1 saturated carbocycles. The lowest BCUT2D eigenvalue weighted by molar-refractivity contribution is 0.280. The topological polar surface area (TPSA) is 60.6 Å². The van der Waals surface area contributed by atoms with Gasteiger partial charge in [-0.15, -0.1) is 0 Å². The molecule has 0 amide bonds. The summed E-state index contributed by atoms with van der Waals surface area (Å²) in [5, 5.41) is 0. The summed E-state index contributed by atoms with van der Waals surface area (Å²) in [5.74, 6) is 2.19. The number of rotatable bonds is 8. The molecule has 0 unspecified atom stereocenters. The predicted molar refractivity (Wildman–Crippen MR) is 112 cm³/mol. The van der Waals surface area contributed by atoms with Gasteiger partial charge in [0.05, 0.1) is 13.7 Å². The summed E-state index contributed by atoms with van der Waals surface area (Å²) in [4.78, 5) is 6.45. The van der Waals surface area contributed by atoms with Gasteiger partial charge in [-0.05, 0) is 60.7 Å². The molecule has 1 aromatic heterocycles. The van der Waals surface area contributed by atoms with Gasteiger partial charge in [0.15, 0.2) is 11.5 Å². The summed E-state index contributed by atoms with van der Waals surface area (Å²) < 4.78 is 11.6. The fourth-order valence-corrected chi connectivity index (χ4v) is 3.14. The third-order valence-corrected chi connectivity index (χ3v) is 4.88. The van der Waals surface area contributed by atoms with Crippen molar-refractivity contribution in [2.45, 2.75) is 19.4 Å². The van der Waals surface area contributed by atoms with Gasteiger partial charge in [0.25, 0.3) is 0 Å². The first-order valence-corrected chi connectivity index (χ1v) is 9.56. The van der Waals surface area contributed by atoms with Crippen LogP contribution in [0.2, 0.25) is 0 Å². The molecule has 144 valence electrons. The van der Waals surface area contributed by atoms with E-state index in [0.29, 0.717) is 12.5 Å². The highest BCUT2D eigenvalue weighted by atomic mass is 16.5. The van der Waals surface area contributed by atoms with Crippen LogP contribution in [0.3, 0.4) is 0 Å². The van der Waals surface area contributed by atoms with E-state index in [-0.39, 0.29) is 0 Å². The number of anilines is 3. The second-order valence-electron chi connectivity index (χ2n) is 7.13. The second-order valence-corrected chi connectivity index (χ2v) is 7.13. The summed E-state index contributed by atoms with van der Waals surface area (Å²) in [5.41, 5.74) is 9.92. The van der Waals surface area contributed by atoms with Crippen LogP contribution >= 0.6 is 0 Å². The summed E-state index contributed by atoms with van der Waals surface area (Å²) in [6, 6.07) is 18.0. The number of nitrogens with two attached hydrogens (primary N) is 1. The zero-order chi connectivity index (χ0) is 19.3. The number of hydrogen-bond donors (Lipinski definition) is 1. The number of aromatic nitrogens is 1. The molecule has 4 rings (SSSR count). The Labute approximate surface area is 165 Å². The highest BCUT2D eigenvalue weighted by molar-refractivity contribution is 5.69. The van der Waals surface area contributed by atoms with Crippen molar-refractivity contribution >= 4 is 17.1 Å². The van der Waals surface area contributed by atoms with Crippen molar-refractivity contribution < 1.29 is 9.47 Å². The van der Waals surface area contributed by atoms with Crippen LogP contribution < -0.4 is 20.1 Å². The molecule has 1 aliphatic carbocycles. The van der Waals surface area contributed by atoms with E-state index in [1.54, 1.807) is 13.3 Å². The SMILES string of the molecule is COc1ccc(N(Cc2cccnc2)c2cccc(N)c2)cc1OCC1CC1. The molecule has 0 radical (unpaired) electrons. The maximum atomic E-state index is 6.06. The molecule has 1 aliphatic rings. The quantitative estimate of drug-likeness (QED) is 0.573. The lowest BCUT2D eigenvalue weighted by Gasteiger charge is -2.26. The normalized spacial score (nSPS) is 13.2. The summed E-state index contributed by atoms with van der Waals surface area (Å²) in [7, 11) is 1.67. The molecule has 1 fully saturated rings. The van der Waals surface area contributed by atoms with Crippen molar-refractivity contribution in [1.29, 1.82) is 0 Å². The average molecular weight is 375 g/mol. The molecular weight excluding hydrogens is 350 g/mol. The second kappa shape index (κ2) is 8.21. The number of hydrogen-bond acceptors (Lipinski definition) is 5. The first kappa shape index (κ1) is 18.2. The fourth-order valence-electron chi connectivity index (χ4n) is 3.14. The molecule has 0 bridgehead atoms. The predicted octanol–water partition coefficient (Wildman–Crippen LogP) is 4.80. The third kappa shape index (κ3) is 4.36. The minimum Gasteiger partial charge on any atom is -0.493 e. The van der Waals surface area contributed by atoms with E-state index in [1.807, 2.05) is 48.7 Å². The molecular formula is C23H25N3O2. The van der Waals surface area contributed by atoms with E-state index >= 15 is 0 Å². The number of ether oxygens (including phenoxy) is 2. The van der Waals surface area contributed by atoms with Crippen molar-refractivity contribution in [2.24, 2.45) is 5.92 Å². The first-order valence-electron chi connectivity index (χ1n) is 9.56.